The predicted octanol–water partition coefficient (Wildman–Crippen LogP) is 1.68. The number of ether oxygens (including phenoxy) is 1. The van der Waals surface area contributed by atoms with Crippen LogP contribution < -0.4 is 5.32 Å². The molecule has 0 radical (unpaired) electrons. The van der Waals surface area contributed by atoms with Gasteiger partial charge in [-0.2, -0.15) is 0 Å². The van der Waals surface area contributed by atoms with E-state index in [1.807, 2.05) is 7.05 Å². The molecule has 0 unspecified atom stereocenters. The maximum absolute atomic E-state index is 11.5. The van der Waals surface area contributed by atoms with Crippen molar-refractivity contribution in [2.45, 2.75) is 19.3 Å². The first-order chi connectivity index (χ1) is 7.74. The highest BCUT2D eigenvalue weighted by Crippen LogP contribution is 2.18. The highest BCUT2D eigenvalue weighted by molar-refractivity contribution is 6.18. The van der Waals surface area contributed by atoms with Crippen molar-refractivity contribution in [1.29, 1.82) is 0 Å². The Morgan fingerprint density at radius 2 is 2.19 bits per heavy atom. The molecule has 0 aromatic heterocycles. The Morgan fingerprint density at radius 1 is 1.50 bits per heavy atom. The van der Waals surface area contributed by atoms with Gasteiger partial charge in [0, 0.05) is 39.2 Å². The summed E-state index contributed by atoms with van der Waals surface area (Å²) < 4.78 is 5.30. The molecule has 16 heavy (non-hydrogen) atoms. The number of carbonyl (C=O) groups is 1. The lowest BCUT2D eigenvalue weighted by molar-refractivity contribution is 0.0619. The fraction of sp³-hybridized carbons (Fsp3) is 0.909. The molecule has 1 rings (SSSR count). The maximum Gasteiger partial charge on any atom is 0.317 e. The molecule has 0 saturated carbocycles. The summed E-state index contributed by atoms with van der Waals surface area (Å²) in [5.41, 5.74) is 0. The lowest BCUT2D eigenvalue weighted by atomic mass is 9.96. The summed E-state index contributed by atoms with van der Waals surface area (Å²) in [7, 11) is 1.82. The second-order valence-corrected chi connectivity index (χ2v) is 4.56. The quantitative estimate of drug-likeness (QED) is 0.753. The summed E-state index contributed by atoms with van der Waals surface area (Å²) in [6.07, 6.45) is 3.31. The SMILES string of the molecule is CN(CCC1CCOCC1)C(=O)NCCCl. The van der Waals surface area contributed by atoms with Crippen LogP contribution in [0.5, 0.6) is 0 Å². The van der Waals surface area contributed by atoms with E-state index in [4.69, 9.17) is 16.3 Å². The fourth-order valence-electron chi connectivity index (χ4n) is 1.80. The Kier molecular flexibility index (Phi) is 6.57. The van der Waals surface area contributed by atoms with Crippen LogP contribution in [0, 0.1) is 5.92 Å². The third-order valence-electron chi connectivity index (χ3n) is 2.93. The Bertz CT molecular complexity index is 208. The minimum Gasteiger partial charge on any atom is -0.381 e. The van der Waals surface area contributed by atoms with Gasteiger partial charge in [0.25, 0.3) is 0 Å². The largest absolute Gasteiger partial charge is 0.381 e. The topological polar surface area (TPSA) is 41.6 Å². The van der Waals surface area contributed by atoms with Gasteiger partial charge in [0.05, 0.1) is 0 Å². The third kappa shape index (κ3) is 5.03. The van der Waals surface area contributed by atoms with E-state index in [1.54, 1.807) is 4.90 Å². The molecule has 94 valence electrons. The molecule has 0 bridgehead atoms. The molecule has 0 aliphatic carbocycles. The minimum atomic E-state index is -0.0345. The smallest absolute Gasteiger partial charge is 0.317 e. The molecule has 0 atom stereocenters. The van der Waals surface area contributed by atoms with Crippen LogP contribution in [-0.4, -0.2) is 50.2 Å². The van der Waals surface area contributed by atoms with Crippen LogP contribution in [0.15, 0.2) is 0 Å². The van der Waals surface area contributed by atoms with Gasteiger partial charge in [-0.1, -0.05) is 0 Å². The summed E-state index contributed by atoms with van der Waals surface area (Å²) in [5.74, 6) is 1.16. The number of hydrogen-bond acceptors (Lipinski definition) is 2. The van der Waals surface area contributed by atoms with Gasteiger partial charge in [-0.3, -0.25) is 0 Å². The highest BCUT2D eigenvalue weighted by Gasteiger charge is 2.15. The van der Waals surface area contributed by atoms with Crippen LogP contribution in [0.4, 0.5) is 4.79 Å². The second kappa shape index (κ2) is 7.74. The summed E-state index contributed by atoms with van der Waals surface area (Å²) >= 11 is 5.50. The van der Waals surface area contributed by atoms with Gasteiger partial charge < -0.3 is 15.0 Å². The maximum atomic E-state index is 11.5. The molecule has 0 aromatic rings. The standard InChI is InChI=1S/C11H21ClN2O2/c1-14(11(15)13-6-5-12)7-2-10-3-8-16-9-4-10/h10H,2-9H2,1H3,(H,13,15). The molecule has 1 fully saturated rings. The highest BCUT2D eigenvalue weighted by atomic mass is 35.5. The molecule has 1 aliphatic rings. The Morgan fingerprint density at radius 3 is 2.81 bits per heavy atom. The molecule has 4 nitrogen and oxygen atoms in total. The van der Waals surface area contributed by atoms with E-state index in [0.717, 1.165) is 39.0 Å². The third-order valence-corrected chi connectivity index (χ3v) is 3.12. The van der Waals surface area contributed by atoms with Gasteiger partial charge in [-0.25, -0.2) is 4.79 Å². The Balaban J connectivity index is 2.12. The molecule has 5 heteroatoms. The number of carbonyl (C=O) groups excluding carboxylic acids is 1. The van der Waals surface area contributed by atoms with E-state index >= 15 is 0 Å². The molecule has 0 spiro atoms. The van der Waals surface area contributed by atoms with Crippen LogP contribution in [-0.2, 0) is 4.74 Å². The number of hydrogen-bond donors (Lipinski definition) is 1. The number of nitrogens with one attached hydrogen (secondary N) is 1. The first-order valence-corrected chi connectivity index (χ1v) is 6.40. The van der Waals surface area contributed by atoms with Gasteiger partial charge in [0.15, 0.2) is 0 Å². The molecule has 1 aliphatic heterocycles. The van der Waals surface area contributed by atoms with Gasteiger partial charge in [-0.15, -0.1) is 11.6 Å². The van der Waals surface area contributed by atoms with Crippen molar-refractivity contribution in [3.63, 3.8) is 0 Å². The summed E-state index contributed by atoms with van der Waals surface area (Å²) in [6, 6.07) is -0.0345. The molecular weight excluding hydrogens is 228 g/mol. The van der Waals surface area contributed by atoms with Crippen LogP contribution in [0.3, 0.4) is 0 Å². The average Bonchev–Trinajstić information content (AvgIpc) is 2.34. The minimum absolute atomic E-state index is 0.0345. The zero-order chi connectivity index (χ0) is 11.8. The van der Waals surface area contributed by atoms with E-state index in [9.17, 15) is 4.79 Å². The van der Waals surface area contributed by atoms with E-state index in [-0.39, 0.29) is 6.03 Å². The zero-order valence-corrected chi connectivity index (χ0v) is 10.6. The molecule has 0 aromatic carbocycles. The van der Waals surface area contributed by atoms with Crippen molar-refractivity contribution in [2.75, 3.05) is 39.2 Å². The lowest BCUT2D eigenvalue weighted by Gasteiger charge is -2.24. The predicted molar refractivity (Wildman–Crippen MR) is 64.9 cm³/mol. The summed E-state index contributed by atoms with van der Waals surface area (Å²) in [4.78, 5) is 13.2. The van der Waals surface area contributed by atoms with Crippen molar-refractivity contribution in [3.05, 3.63) is 0 Å². The number of nitrogens with zero attached hydrogens (tertiary/aromatic N) is 1. The van der Waals surface area contributed by atoms with E-state index in [0.29, 0.717) is 18.3 Å². The van der Waals surface area contributed by atoms with Crippen molar-refractivity contribution in [2.24, 2.45) is 5.92 Å². The normalized spacial score (nSPS) is 17.1. The molecule has 2 amide bonds. The van der Waals surface area contributed by atoms with Crippen LogP contribution in [0.2, 0.25) is 0 Å². The fourth-order valence-corrected chi connectivity index (χ4v) is 1.90. The molecular formula is C11H21ClN2O2. The Labute approximate surface area is 102 Å². The Hall–Kier alpha value is -0.480. The lowest BCUT2D eigenvalue weighted by Crippen LogP contribution is -2.39. The number of urea groups is 1. The van der Waals surface area contributed by atoms with Crippen molar-refractivity contribution >= 4 is 17.6 Å². The van der Waals surface area contributed by atoms with Crippen molar-refractivity contribution in [3.8, 4) is 0 Å². The van der Waals surface area contributed by atoms with Gasteiger partial charge in [-0.05, 0) is 25.2 Å². The van der Waals surface area contributed by atoms with Gasteiger partial charge in [0.1, 0.15) is 0 Å². The van der Waals surface area contributed by atoms with Gasteiger partial charge >= 0.3 is 6.03 Å². The number of rotatable bonds is 5. The molecule has 1 heterocycles. The molecule has 1 saturated heterocycles. The summed E-state index contributed by atoms with van der Waals surface area (Å²) in [6.45, 7) is 3.07. The van der Waals surface area contributed by atoms with E-state index in [2.05, 4.69) is 5.32 Å². The average molecular weight is 249 g/mol. The van der Waals surface area contributed by atoms with Crippen molar-refractivity contribution in [1.82, 2.24) is 10.2 Å². The van der Waals surface area contributed by atoms with E-state index in [1.165, 1.54) is 0 Å². The van der Waals surface area contributed by atoms with Crippen LogP contribution in [0.25, 0.3) is 0 Å². The first-order valence-electron chi connectivity index (χ1n) is 5.86. The molecule has 1 N–H and O–H groups in total. The zero-order valence-electron chi connectivity index (χ0n) is 9.88. The number of amides is 2. The van der Waals surface area contributed by atoms with Crippen LogP contribution >= 0.6 is 11.6 Å². The van der Waals surface area contributed by atoms with Crippen molar-refractivity contribution < 1.29 is 9.53 Å². The summed E-state index contributed by atoms with van der Waals surface area (Å²) in [5, 5.41) is 2.75. The first kappa shape index (κ1) is 13.6. The van der Waals surface area contributed by atoms with Crippen LogP contribution in [0.1, 0.15) is 19.3 Å². The number of alkyl halides is 1. The van der Waals surface area contributed by atoms with Gasteiger partial charge in [0.2, 0.25) is 0 Å². The second-order valence-electron chi connectivity index (χ2n) is 4.19. The monoisotopic (exact) mass is 248 g/mol. The van der Waals surface area contributed by atoms with E-state index < -0.39 is 0 Å². The number of halogens is 1.